The van der Waals surface area contributed by atoms with Gasteiger partial charge in [-0.05, 0) is 12.1 Å². The molecule has 1 aromatic carbocycles. The number of halogens is 2. The lowest BCUT2D eigenvalue weighted by atomic mass is 9.95. The van der Waals surface area contributed by atoms with Crippen LogP contribution < -0.4 is 0 Å². The molecule has 0 spiro atoms. The summed E-state index contributed by atoms with van der Waals surface area (Å²) < 4.78 is 26.4. The van der Waals surface area contributed by atoms with Crippen molar-refractivity contribution in [3.8, 4) is 0 Å². The van der Waals surface area contributed by atoms with E-state index in [0.717, 1.165) is 18.2 Å². The van der Waals surface area contributed by atoms with Crippen LogP contribution in [0, 0.1) is 11.6 Å². The summed E-state index contributed by atoms with van der Waals surface area (Å²) in [5.74, 6) is -6.86. The maximum atomic E-state index is 13.2. The zero-order chi connectivity index (χ0) is 12.3. The fourth-order valence-corrected chi connectivity index (χ4v) is 1.33. The molecule has 86 valence electrons. The highest BCUT2D eigenvalue weighted by Crippen LogP contribution is 2.25. The Labute approximate surface area is 89.1 Å². The van der Waals surface area contributed by atoms with Crippen molar-refractivity contribution in [1.82, 2.24) is 0 Å². The highest BCUT2D eigenvalue weighted by atomic mass is 19.1. The van der Waals surface area contributed by atoms with Crippen LogP contribution in [-0.4, -0.2) is 22.2 Å². The number of carboxylic acid groups (broad SMARTS) is 2. The Kier molecular flexibility index (Phi) is 3.55. The second kappa shape index (κ2) is 4.69. The summed E-state index contributed by atoms with van der Waals surface area (Å²) in [4.78, 5) is 21.1. The third-order valence-electron chi connectivity index (χ3n) is 2.03. The first-order chi connectivity index (χ1) is 7.43. The predicted octanol–water partition coefficient (Wildman–Crippen LogP) is 1.61. The number of carboxylic acids is 2. The van der Waals surface area contributed by atoms with E-state index in [9.17, 15) is 18.4 Å². The summed E-state index contributed by atoms with van der Waals surface area (Å²) in [5, 5.41) is 17.2. The predicted molar refractivity (Wildman–Crippen MR) is 49.0 cm³/mol. The van der Waals surface area contributed by atoms with Crippen LogP contribution in [0.15, 0.2) is 18.2 Å². The molecule has 0 heterocycles. The smallest absolute Gasteiger partial charge is 0.311 e. The van der Waals surface area contributed by atoms with Crippen molar-refractivity contribution in [1.29, 1.82) is 0 Å². The fourth-order valence-electron chi connectivity index (χ4n) is 1.33. The quantitative estimate of drug-likeness (QED) is 0.823. The third-order valence-corrected chi connectivity index (χ3v) is 2.03. The standard InChI is InChI=1S/C10H8F2O4/c11-6-2-1-3-7(12)9(6)5(10(15)16)4-8(13)14/h1-3,5H,4H2,(H,13,14)(H,15,16). The maximum Gasteiger partial charge on any atom is 0.311 e. The van der Waals surface area contributed by atoms with E-state index in [4.69, 9.17) is 10.2 Å². The van der Waals surface area contributed by atoms with Crippen molar-refractivity contribution in [2.45, 2.75) is 12.3 Å². The van der Waals surface area contributed by atoms with E-state index < -0.39 is 41.5 Å². The molecule has 0 saturated heterocycles. The van der Waals surface area contributed by atoms with Crippen LogP contribution >= 0.6 is 0 Å². The largest absolute Gasteiger partial charge is 0.481 e. The lowest BCUT2D eigenvalue weighted by Gasteiger charge is -2.11. The van der Waals surface area contributed by atoms with Gasteiger partial charge in [-0.3, -0.25) is 9.59 Å². The molecule has 4 nitrogen and oxygen atoms in total. The molecular formula is C10H8F2O4. The van der Waals surface area contributed by atoms with Crippen LogP contribution in [0.5, 0.6) is 0 Å². The topological polar surface area (TPSA) is 74.6 Å². The number of benzene rings is 1. The van der Waals surface area contributed by atoms with Gasteiger partial charge in [0.15, 0.2) is 0 Å². The van der Waals surface area contributed by atoms with Gasteiger partial charge in [-0.1, -0.05) is 6.07 Å². The summed E-state index contributed by atoms with van der Waals surface area (Å²) in [6.45, 7) is 0. The van der Waals surface area contributed by atoms with Gasteiger partial charge in [-0.15, -0.1) is 0 Å². The molecule has 2 N–H and O–H groups in total. The molecule has 16 heavy (non-hydrogen) atoms. The monoisotopic (exact) mass is 230 g/mol. The van der Waals surface area contributed by atoms with E-state index in [-0.39, 0.29) is 0 Å². The van der Waals surface area contributed by atoms with Gasteiger partial charge in [-0.2, -0.15) is 0 Å². The first kappa shape index (κ1) is 12.1. The first-order valence-corrected chi connectivity index (χ1v) is 4.32. The van der Waals surface area contributed by atoms with Gasteiger partial charge in [0.05, 0.1) is 12.3 Å². The van der Waals surface area contributed by atoms with Crippen molar-refractivity contribution in [2.24, 2.45) is 0 Å². The number of hydrogen-bond donors (Lipinski definition) is 2. The Hall–Kier alpha value is -1.98. The number of rotatable bonds is 4. The Bertz CT molecular complexity index is 411. The van der Waals surface area contributed by atoms with Crippen LogP contribution in [0.25, 0.3) is 0 Å². The molecule has 0 radical (unpaired) electrons. The number of aliphatic carboxylic acids is 2. The van der Waals surface area contributed by atoms with E-state index in [0.29, 0.717) is 0 Å². The summed E-state index contributed by atoms with van der Waals surface area (Å²) in [6.07, 6.45) is -0.868. The molecule has 1 aromatic rings. The Morgan fingerprint density at radius 3 is 2.06 bits per heavy atom. The number of carbonyl (C=O) groups is 2. The molecular weight excluding hydrogens is 222 g/mol. The molecule has 0 aliphatic heterocycles. The van der Waals surface area contributed by atoms with E-state index in [1.807, 2.05) is 0 Å². The van der Waals surface area contributed by atoms with Gasteiger partial charge in [0.1, 0.15) is 11.6 Å². The van der Waals surface area contributed by atoms with Crippen molar-refractivity contribution in [3.63, 3.8) is 0 Å². The van der Waals surface area contributed by atoms with Crippen LogP contribution in [0.4, 0.5) is 8.78 Å². The minimum atomic E-state index is -1.72. The van der Waals surface area contributed by atoms with Crippen molar-refractivity contribution < 1.29 is 28.6 Å². The van der Waals surface area contributed by atoms with Crippen molar-refractivity contribution in [3.05, 3.63) is 35.4 Å². The third kappa shape index (κ3) is 2.53. The van der Waals surface area contributed by atoms with Gasteiger partial charge in [0.25, 0.3) is 0 Å². The summed E-state index contributed by atoms with van der Waals surface area (Å²) in [7, 11) is 0. The highest BCUT2D eigenvalue weighted by Gasteiger charge is 2.28. The molecule has 1 rings (SSSR count). The minimum Gasteiger partial charge on any atom is -0.481 e. The molecule has 0 fully saturated rings. The second-order valence-corrected chi connectivity index (χ2v) is 3.12. The molecule has 1 unspecified atom stereocenters. The highest BCUT2D eigenvalue weighted by molar-refractivity contribution is 5.82. The van der Waals surface area contributed by atoms with Crippen molar-refractivity contribution >= 4 is 11.9 Å². The van der Waals surface area contributed by atoms with Gasteiger partial charge in [0, 0.05) is 5.56 Å². The SMILES string of the molecule is O=C(O)CC(C(=O)O)c1c(F)cccc1F. The average molecular weight is 230 g/mol. The summed E-state index contributed by atoms with van der Waals surface area (Å²) >= 11 is 0. The van der Waals surface area contributed by atoms with Crippen LogP contribution in [-0.2, 0) is 9.59 Å². The normalized spacial score (nSPS) is 12.1. The molecule has 0 aromatic heterocycles. The Morgan fingerprint density at radius 2 is 1.69 bits per heavy atom. The number of hydrogen-bond acceptors (Lipinski definition) is 2. The molecule has 6 heteroatoms. The Balaban J connectivity index is 3.20. The van der Waals surface area contributed by atoms with Gasteiger partial charge in [0.2, 0.25) is 0 Å². The molecule has 1 atom stereocenters. The first-order valence-electron chi connectivity index (χ1n) is 4.32. The maximum absolute atomic E-state index is 13.2. The zero-order valence-electron chi connectivity index (χ0n) is 7.98. The van der Waals surface area contributed by atoms with Crippen LogP contribution in [0.3, 0.4) is 0 Å². The van der Waals surface area contributed by atoms with Gasteiger partial charge in [-0.25, -0.2) is 8.78 Å². The van der Waals surface area contributed by atoms with Crippen LogP contribution in [0.2, 0.25) is 0 Å². The van der Waals surface area contributed by atoms with E-state index in [2.05, 4.69) is 0 Å². The van der Waals surface area contributed by atoms with Crippen molar-refractivity contribution in [2.75, 3.05) is 0 Å². The summed E-state index contributed by atoms with van der Waals surface area (Å²) in [5.41, 5.74) is -0.725. The molecule has 0 bridgehead atoms. The second-order valence-electron chi connectivity index (χ2n) is 3.12. The molecule has 0 amide bonds. The molecule has 0 saturated carbocycles. The lowest BCUT2D eigenvalue weighted by Crippen LogP contribution is -2.18. The van der Waals surface area contributed by atoms with Gasteiger partial charge >= 0.3 is 11.9 Å². The zero-order valence-corrected chi connectivity index (χ0v) is 7.98. The Morgan fingerprint density at radius 1 is 1.19 bits per heavy atom. The average Bonchev–Trinajstić information content (AvgIpc) is 2.15. The fraction of sp³-hybridized carbons (Fsp3) is 0.200. The van der Waals surface area contributed by atoms with E-state index in [1.54, 1.807) is 0 Å². The van der Waals surface area contributed by atoms with Crippen LogP contribution in [0.1, 0.15) is 17.9 Å². The van der Waals surface area contributed by atoms with E-state index >= 15 is 0 Å². The molecule has 0 aliphatic carbocycles. The van der Waals surface area contributed by atoms with E-state index in [1.165, 1.54) is 0 Å². The van der Waals surface area contributed by atoms with Gasteiger partial charge < -0.3 is 10.2 Å². The minimum absolute atomic E-state index is 0.725. The summed E-state index contributed by atoms with van der Waals surface area (Å²) in [6, 6.07) is 2.85. The molecule has 0 aliphatic rings. The lowest BCUT2D eigenvalue weighted by molar-refractivity contribution is -0.145.